The van der Waals surface area contributed by atoms with Crippen LogP contribution in [0.25, 0.3) is 0 Å². The molecule has 0 fully saturated rings. The van der Waals surface area contributed by atoms with Crippen LogP contribution in [-0.4, -0.2) is 31.4 Å². The van der Waals surface area contributed by atoms with E-state index in [9.17, 15) is 0 Å². The fraction of sp³-hybridized carbons (Fsp3) is 0.571. The van der Waals surface area contributed by atoms with E-state index in [0.717, 1.165) is 30.8 Å². The molecule has 1 aromatic rings. The maximum absolute atomic E-state index is 9.14. The van der Waals surface area contributed by atoms with Crippen LogP contribution in [0.5, 0.6) is 5.75 Å². The molecule has 0 amide bonds. The van der Waals surface area contributed by atoms with Crippen LogP contribution in [0.4, 0.5) is 11.4 Å². The number of unbranched alkanes of at least 4 members (excludes halogenated alkanes) is 1. The molecule has 0 aliphatic rings. The molecule has 0 spiro atoms. The topological polar surface area (TPSA) is 58.7 Å². The number of aliphatic hydroxyl groups excluding tert-OH is 1. The molecule has 0 aromatic heterocycles. The molecule has 4 heteroatoms. The van der Waals surface area contributed by atoms with Gasteiger partial charge in [-0.3, -0.25) is 0 Å². The summed E-state index contributed by atoms with van der Waals surface area (Å²) < 4.78 is 5.49. The molecule has 1 aromatic carbocycles. The second-order valence-corrected chi connectivity index (χ2v) is 4.26. The number of aliphatic hydroxyl groups is 1. The minimum Gasteiger partial charge on any atom is -0.494 e. The predicted molar refractivity (Wildman–Crippen MR) is 76.2 cm³/mol. The zero-order chi connectivity index (χ0) is 13.4. The van der Waals surface area contributed by atoms with Crippen molar-refractivity contribution in [3.63, 3.8) is 0 Å². The summed E-state index contributed by atoms with van der Waals surface area (Å²) in [6.07, 6.45) is 2.22. The molecule has 0 radical (unpaired) electrons. The Labute approximate surface area is 109 Å². The summed E-state index contributed by atoms with van der Waals surface area (Å²) in [7, 11) is 0. The smallest absolute Gasteiger partial charge is 0.123 e. The Kier molecular flexibility index (Phi) is 6.36. The van der Waals surface area contributed by atoms with Gasteiger partial charge in [-0.1, -0.05) is 13.3 Å². The lowest BCUT2D eigenvalue weighted by molar-refractivity contribution is 0.301. The fourth-order valence-electron chi connectivity index (χ4n) is 1.88. The zero-order valence-electron chi connectivity index (χ0n) is 11.4. The van der Waals surface area contributed by atoms with E-state index < -0.39 is 0 Å². The van der Waals surface area contributed by atoms with Gasteiger partial charge in [0.25, 0.3) is 0 Å². The third kappa shape index (κ3) is 4.45. The lowest BCUT2D eigenvalue weighted by Crippen LogP contribution is -2.27. The summed E-state index contributed by atoms with van der Waals surface area (Å²) in [6.45, 7) is 6.41. The summed E-state index contributed by atoms with van der Waals surface area (Å²) in [5.74, 6) is 0.784. The Morgan fingerprint density at radius 1 is 1.22 bits per heavy atom. The van der Waals surface area contributed by atoms with Gasteiger partial charge in [-0.05, 0) is 19.4 Å². The number of rotatable bonds is 8. The van der Waals surface area contributed by atoms with Gasteiger partial charge in [-0.2, -0.15) is 0 Å². The standard InChI is InChI=1S/C14H24N2O2/c1-3-5-6-16(7-8-17)13-9-12(15)10-14(11-13)18-4-2/h9-11,17H,3-8,15H2,1-2H3. The van der Waals surface area contributed by atoms with Gasteiger partial charge in [-0.15, -0.1) is 0 Å². The Bertz CT molecular complexity index is 356. The van der Waals surface area contributed by atoms with Crippen LogP contribution in [-0.2, 0) is 0 Å². The minimum atomic E-state index is 0.141. The summed E-state index contributed by atoms with van der Waals surface area (Å²) in [6, 6.07) is 5.73. The van der Waals surface area contributed by atoms with Crippen molar-refractivity contribution in [3.05, 3.63) is 18.2 Å². The molecule has 1 rings (SSSR count). The Morgan fingerprint density at radius 2 is 2.00 bits per heavy atom. The first-order valence-electron chi connectivity index (χ1n) is 6.60. The van der Waals surface area contributed by atoms with Gasteiger partial charge < -0.3 is 20.5 Å². The van der Waals surface area contributed by atoms with Crippen molar-refractivity contribution in [1.82, 2.24) is 0 Å². The monoisotopic (exact) mass is 252 g/mol. The average Bonchev–Trinajstić information content (AvgIpc) is 2.34. The van der Waals surface area contributed by atoms with Crippen molar-refractivity contribution in [3.8, 4) is 5.75 Å². The van der Waals surface area contributed by atoms with Crippen molar-refractivity contribution >= 4 is 11.4 Å². The van der Waals surface area contributed by atoms with E-state index >= 15 is 0 Å². The first kappa shape index (κ1) is 14.6. The molecule has 102 valence electrons. The molecule has 4 nitrogen and oxygen atoms in total. The maximum atomic E-state index is 9.14. The van der Waals surface area contributed by atoms with Gasteiger partial charge in [0, 0.05) is 36.6 Å². The van der Waals surface area contributed by atoms with Crippen molar-refractivity contribution < 1.29 is 9.84 Å². The van der Waals surface area contributed by atoms with E-state index in [2.05, 4.69) is 11.8 Å². The highest BCUT2D eigenvalue weighted by atomic mass is 16.5. The Morgan fingerprint density at radius 3 is 2.61 bits per heavy atom. The molecule has 0 aliphatic heterocycles. The number of nitrogens with zero attached hydrogens (tertiary/aromatic N) is 1. The van der Waals surface area contributed by atoms with E-state index in [4.69, 9.17) is 15.6 Å². The summed E-state index contributed by atoms with van der Waals surface area (Å²) >= 11 is 0. The Balaban J connectivity index is 2.87. The third-order valence-electron chi connectivity index (χ3n) is 2.74. The molecule has 0 aliphatic carbocycles. The molecule has 0 saturated carbocycles. The van der Waals surface area contributed by atoms with E-state index in [1.54, 1.807) is 0 Å². The van der Waals surface area contributed by atoms with Crippen molar-refractivity contribution in [2.75, 3.05) is 36.9 Å². The minimum absolute atomic E-state index is 0.141. The maximum Gasteiger partial charge on any atom is 0.123 e. The largest absolute Gasteiger partial charge is 0.494 e. The van der Waals surface area contributed by atoms with Crippen LogP contribution in [0.3, 0.4) is 0 Å². The zero-order valence-corrected chi connectivity index (χ0v) is 11.4. The molecule has 3 N–H and O–H groups in total. The number of nitrogen functional groups attached to an aromatic ring is 1. The van der Waals surface area contributed by atoms with Crippen molar-refractivity contribution in [2.24, 2.45) is 0 Å². The third-order valence-corrected chi connectivity index (χ3v) is 2.74. The van der Waals surface area contributed by atoms with Crippen LogP contribution in [0.1, 0.15) is 26.7 Å². The number of benzene rings is 1. The van der Waals surface area contributed by atoms with Crippen LogP contribution >= 0.6 is 0 Å². The predicted octanol–water partition coefficient (Wildman–Crippen LogP) is 2.27. The second-order valence-electron chi connectivity index (χ2n) is 4.26. The number of nitrogens with two attached hydrogens (primary N) is 1. The molecule has 0 saturated heterocycles. The Hall–Kier alpha value is -1.42. The first-order valence-corrected chi connectivity index (χ1v) is 6.60. The van der Waals surface area contributed by atoms with Crippen LogP contribution in [0, 0.1) is 0 Å². The molecule has 0 bridgehead atoms. The van der Waals surface area contributed by atoms with Gasteiger partial charge in [-0.25, -0.2) is 0 Å². The van der Waals surface area contributed by atoms with Crippen LogP contribution < -0.4 is 15.4 Å². The van der Waals surface area contributed by atoms with Crippen LogP contribution in [0.2, 0.25) is 0 Å². The average molecular weight is 252 g/mol. The molecular weight excluding hydrogens is 228 g/mol. The van der Waals surface area contributed by atoms with Gasteiger partial charge in [0.2, 0.25) is 0 Å². The lowest BCUT2D eigenvalue weighted by Gasteiger charge is -2.24. The SMILES string of the molecule is CCCCN(CCO)c1cc(N)cc(OCC)c1. The van der Waals surface area contributed by atoms with Crippen molar-refractivity contribution in [2.45, 2.75) is 26.7 Å². The summed E-state index contributed by atoms with van der Waals surface area (Å²) in [5.41, 5.74) is 7.59. The van der Waals surface area contributed by atoms with Gasteiger partial charge in [0.15, 0.2) is 0 Å². The molecule has 0 atom stereocenters. The second kappa shape index (κ2) is 7.82. The number of hydrogen-bond donors (Lipinski definition) is 2. The van der Waals surface area contributed by atoms with Crippen LogP contribution in [0.15, 0.2) is 18.2 Å². The number of ether oxygens (including phenoxy) is 1. The van der Waals surface area contributed by atoms with Gasteiger partial charge in [0.05, 0.1) is 13.2 Å². The van der Waals surface area contributed by atoms with Crippen molar-refractivity contribution in [1.29, 1.82) is 0 Å². The number of hydrogen-bond acceptors (Lipinski definition) is 4. The molecule has 0 unspecified atom stereocenters. The van der Waals surface area contributed by atoms with Gasteiger partial charge in [0.1, 0.15) is 5.75 Å². The first-order chi connectivity index (χ1) is 8.71. The number of anilines is 2. The van der Waals surface area contributed by atoms with E-state index in [0.29, 0.717) is 18.8 Å². The summed E-state index contributed by atoms with van der Waals surface area (Å²) in [4.78, 5) is 2.14. The van der Waals surface area contributed by atoms with E-state index in [1.165, 1.54) is 0 Å². The molecule has 18 heavy (non-hydrogen) atoms. The highest BCUT2D eigenvalue weighted by Crippen LogP contribution is 2.25. The molecule has 0 heterocycles. The quantitative estimate of drug-likeness (QED) is 0.697. The highest BCUT2D eigenvalue weighted by Gasteiger charge is 2.08. The summed E-state index contributed by atoms with van der Waals surface area (Å²) in [5, 5.41) is 9.14. The molecular formula is C14H24N2O2. The lowest BCUT2D eigenvalue weighted by atomic mass is 10.2. The van der Waals surface area contributed by atoms with E-state index in [-0.39, 0.29) is 6.61 Å². The normalized spacial score (nSPS) is 10.4. The van der Waals surface area contributed by atoms with Gasteiger partial charge >= 0.3 is 0 Å². The van der Waals surface area contributed by atoms with E-state index in [1.807, 2.05) is 25.1 Å². The highest BCUT2D eigenvalue weighted by molar-refractivity contribution is 5.60. The fourth-order valence-corrected chi connectivity index (χ4v) is 1.88.